The molecule has 0 saturated heterocycles. The highest BCUT2D eigenvalue weighted by atomic mass is 16.5. The van der Waals surface area contributed by atoms with E-state index >= 15 is 0 Å². The van der Waals surface area contributed by atoms with Gasteiger partial charge in [-0.05, 0) is 37.5 Å². The maximum absolute atomic E-state index is 11.0. The standard InChI is InChI=1S/C13H24O2/c1-8-6-9(2)13(10(3)7-8)11(4)15-12(5)14/h8-11,13H,6-7H2,1-5H3. The van der Waals surface area contributed by atoms with E-state index in [1.54, 1.807) is 0 Å². The molecule has 1 rings (SSSR count). The van der Waals surface area contributed by atoms with E-state index in [1.165, 1.54) is 19.8 Å². The third-order valence-electron chi connectivity index (χ3n) is 3.76. The Morgan fingerprint density at radius 1 is 1.20 bits per heavy atom. The number of carbonyl (C=O) groups excluding carboxylic acids is 1. The van der Waals surface area contributed by atoms with Crippen LogP contribution in [0.3, 0.4) is 0 Å². The summed E-state index contributed by atoms with van der Waals surface area (Å²) in [6.45, 7) is 10.4. The van der Waals surface area contributed by atoms with E-state index in [-0.39, 0.29) is 12.1 Å². The molecule has 1 aliphatic carbocycles. The van der Waals surface area contributed by atoms with Crippen LogP contribution >= 0.6 is 0 Å². The van der Waals surface area contributed by atoms with Crippen LogP contribution in [0.15, 0.2) is 0 Å². The lowest BCUT2D eigenvalue weighted by Crippen LogP contribution is -2.38. The van der Waals surface area contributed by atoms with Crippen molar-refractivity contribution in [3.8, 4) is 0 Å². The van der Waals surface area contributed by atoms with Crippen molar-refractivity contribution in [2.75, 3.05) is 0 Å². The van der Waals surface area contributed by atoms with Crippen LogP contribution in [0, 0.1) is 23.7 Å². The summed E-state index contributed by atoms with van der Waals surface area (Å²) in [5, 5.41) is 0. The summed E-state index contributed by atoms with van der Waals surface area (Å²) < 4.78 is 5.33. The number of esters is 1. The predicted molar refractivity (Wildman–Crippen MR) is 61.4 cm³/mol. The van der Waals surface area contributed by atoms with Gasteiger partial charge in [-0.3, -0.25) is 4.79 Å². The van der Waals surface area contributed by atoms with E-state index in [2.05, 4.69) is 20.8 Å². The molecule has 15 heavy (non-hydrogen) atoms. The van der Waals surface area contributed by atoms with Gasteiger partial charge in [0.1, 0.15) is 6.10 Å². The summed E-state index contributed by atoms with van der Waals surface area (Å²) in [4.78, 5) is 11.0. The van der Waals surface area contributed by atoms with Gasteiger partial charge in [-0.2, -0.15) is 0 Å². The summed E-state index contributed by atoms with van der Waals surface area (Å²) >= 11 is 0. The van der Waals surface area contributed by atoms with Crippen LogP contribution < -0.4 is 0 Å². The quantitative estimate of drug-likeness (QED) is 0.657. The Kier molecular flexibility index (Phi) is 4.18. The lowest BCUT2D eigenvalue weighted by Gasteiger charge is -2.40. The largest absolute Gasteiger partial charge is 0.463 e. The van der Waals surface area contributed by atoms with Crippen molar-refractivity contribution in [1.29, 1.82) is 0 Å². The van der Waals surface area contributed by atoms with Crippen molar-refractivity contribution < 1.29 is 9.53 Å². The van der Waals surface area contributed by atoms with Crippen molar-refractivity contribution in [3.05, 3.63) is 0 Å². The van der Waals surface area contributed by atoms with Gasteiger partial charge in [0, 0.05) is 12.8 Å². The molecular weight excluding hydrogens is 188 g/mol. The Labute approximate surface area is 93.4 Å². The molecule has 0 spiro atoms. The maximum Gasteiger partial charge on any atom is 0.302 e. The van der Waals surface area contributed by atoms with Gasteiger partial charge in [0.2, 0.25) is 0 Å². The van der Waals surface area contributed by atoms with Crippen LogP contribution in [0.1, 0.15) is 47.5 Å². The minimum Gasteiger partial charge on any atom is -0.463 e. The first kappa shape index (κ1) is 12.5. The van der Waals surface area contributed by atoms with Crippen molar-refractivity contribution in [1.82, 2.24) is 0 Å². The molecule has 0 radical (unpaired) electrons. The van der Waals surface area contributed by atoms with Crippen molar-refractivity contribution in [3.63, 3.8) is 0 Å². The average Bonchev–Trinajstić information content (AvgIpc) is 1.99. The SMILES string of the molecule is CC(=O)OC(C)C1C(C)CC(C)CC1C. The molecule has 1 saturated carbocycles. The van der Waals surface area contributed by atoms with Crippen LogP contribution in [-0.2, 0) is 9.53 Å². The Hall–Kier alpha value is -0.530. The lowest BCUT2D eigenvalue weighted by molar-refractivity contribution is -0.151. The van der Waals surface area contributed by atoms with Crippen molar-refractivity contribution >= 4 is 5.97 Å². The first-order valence-corrected chi connectivity index (χ1v) is 6.09. The third-order valence-corrected chi connectivity index (χ3v) is 3.76. The molecule has 0 N–H and O–H groups in total. The Morgan fingerprint density at radius 3 is 2.07 bits per heavy atom. The molecule has 88 valence electrons. The molecule has 2 nitrogen and oxygen atoms in total. The van der Waals surface area contributed by atoms with Crippen LogP contribution in [0.25, 0.3) is 0 Å². The van der Waals surface area contributed by atoms with Crippen molar-refractivity contribution in [2.45, 2.75) is 53.6 Å². The summed E-state index contributed by atoms with van der Waals surface area (Å²) in [7, 11) is 0. The van der Waals surface area contributed by atoms with Crippen LogP contribution in [0.4, 0.5) is 0 Å². The second-order valence-electron chi connectivity index (χ2n) is 5.42. The summed E-state index contributed by atoms with van der Waals surface area (Å²) in [5.74, 6) is 2.53. The minimum atomic E-state index is -0.152. The smallest absolute Gasteiger partial charge is 0.302 e. The van der Waals surface area contributed by atoms with Crippen molar-refractivity contribution in [2.24, 2.45) is 23.7 Å². The zero-order valence-electron chi connectivity index (χ0n) is 10.6. The molecule has 0 heterocycles. The monoisotopic (exact) mass is 212 g/mol. The fraction of sp³-hybridized carbons (Fsp3) is 0.923. The fourth-order valence-electron chi connectivity index (χ4n) is 3.51. The van der Waals surface area contributed by atoms with Gasteiger partial charge in [0.05, 0.1) is 0 Å². The Morgan fingerprint density at radius 2 is 1.67 bits per heavy atom. The zero-order valence-corrected chi connectivity index (χ0v) is 10.6. The third kappa shape index (κ3) is 3.22. The summed E-state index contributed by atoms with van der Waals surface area (Å²) in [6.07, 6.45) is 2.60. The van der Waals surface area contributed by atoms with E-state index in [9.17, 15) is 4.79 Å². The number of carbonyl (C=O) groups is 1. The molecular formula is C13H24O2. The second kappa shape index (κ2) is 5.00. The van der Waals surface area contributed by atoms with Gasteiger partial charge in [-0.1, -0.05) is 20.8 Å². The molecule has 1 fully saturated rings. The highest BCUT2D eigenvalue weighted by Gasteiger charge is 2.36. The normalized spacial score (nSPS) is 38.5. The molecule has 0 aromatic rings. The number of hydrogen-bond donors (Lipinski definition) is 0. The van der Waals surface area contributed by atoms with Crippen LogP contribution in [0.2, 0.25) is 0 Å². The summed E-state index contributed by atoms with van der Waals surface area (Å²) in [6, 6.07) is 0. The molecule has 0 aliphatic heterocycles. The first-order chi connectivity index (χ1) is 6.91. The topological polar surface area (TPSA) is 26.3 Å². The number of rotatable bonds is 2. The number of hydrogen-bond acceptors (Lipinski definition) is 2. The lowest BCUT2D eigenvalue weighted by atomic mass is 9.67. The highest BCUT2D eigenvalue weighted by Crippen LogP contribution is 2.40. The van der Waals surface area contributed by atoms with Crippen LogP contribution in [0.5, 0.6) is 0 Å². The maximum atomic E-state index is 11.0. The van der Waals surface area contributed by atoms with Gasteiger partial charge in [0.25, 0.3) is 0 Å². The molecule has 3 atom stereocenters. The molecule has 3 unspecified atom stereocenters. The molecule has 1 aliphatic rings. The van der Waals surface area contributed by atoms with Gasteiger partial charge in [-0.25, -0.2) is 0 Å². The molecule has 0 aromatic heterocycles. The fourth-order valence-corrected chi connectivity index (χ4v) is 3.51. The first-order valence-electron chi connectivity index (χ1n) is 6.09. The highest BCUT2D eigenvalue weighted by molar-refractivity contribution is 5.66. The molecule has 2 heteroatoms. The van der Waals surface area contributed by atoms with Gasteiger partial charge < -0.3 is 4.74 Å². The van der Waals surface area contributed by atoms with Gasteiger partial charge in [0.15, 0.2) is 0 Å². The van der Waals surface area contributed by atoms with Gasteiger partial charge in [-0.15, -0.1) is 0 Å². The zero-order chi connectivity index (χ0) is 11.6. The second-order valence-corrected chi connectivity index (χ2v) is 5.42. The summed E-state index contributed by atoms with van der Waals surface area (Å²) in [5.41, 5.74) is 0. The average molecular weight is 212 g/mol. The molecule has 0 bridgehead atoms. The van der Waals surface area contributed by atoms with E-state index in [1.807, 2.05) is 6.92 Å². The predicted octanol–water partition coefficient (Wildman–Crippen LogP) is 3.26. The molecule has 0 amide bonds. The molecule has 0 aromatic carbocycles. The van der Waals surface area contributed by atoms with E-state index in [4.69, 9.17) is 4.74 Å². The van der Waals surface area contributed by atoms with E-state index < -0.39 is 0 Å². The minimum absolute atomic E-state index is 0.0694. The Bertz CT molecular complexity index is 213. The Balaban J connectivity index is 2.62. The van der Waals surface area contributed by atoms with E-state index in [0.29, 0.717) is 17.8 Å². The van der Waals surface area contributed by atoms with E-state index in [0.717, 1.165) is 5.92 Å². The number of ether oxygens (including phenoxy) is 1. The van der Waals surface area contributed by atoms with Gasteiger partial charge >= 0.3 is 5.97 Å². The van der Waals surface area contributed by atoms with Crippen LogP contribution in [-0.4, -0.2) is 12.1 Å².